The molecular formula is C14H17Cl2N5OS. The SMILES string of the molecule is CC(C)NC(=O)[C@H](C)Sc1nnc(-c2ccc(Cl)cc2Cl)n1N. The van der Waals surface area contributed by atoms with Crippen molar-refractivity contribution in [1.82, 2.24) is 20.2 Å². The Labute approximate surface area is 148 Å². The molecular weight excluding hydrogens is 357 g/mol. The van der Waals surface area contributed by atoms with Crippen LogP contribution in [0.3, 0.4) is 0 Å². The van der Waals surface area contributed by atoms with Gasteiger partial charge in [0, 0.05) is 16.6 Å². The second kappa shape index (κ2) is 7.42. The van der Waals surface area contributed by atoms with E-state index in [1.54, 1.807) is 25.1 Å². The van der Waals surface area contributed by atoms with E-state index >= 15 is 0 Å². The molecule has 1 aromatic heterocycles. The van der Waals surface area contributed by atoms with E-state index < -0.39 is 0 Å². The number of aromatic nitrogens is 3. The summed E-state index contributed by atoms with van der Waals surface area (Å²) in [5.41, 5.74) is 0.622. The summed E-state index contributed by atoms with van der Waals surface area (Å²) in [6, 6.07) is 5.10. The molecule has 2 rings (SSSR count). The topological polar surface area (TPSA) is 85.8 Å². The lowest BCUT2D eigenvalue weighted by Gasteiger charge is -2.13. The zero-order chi connectivity index (χ0) is 17.1. The molecule has 1 heterocycles. The number of hydrogen-bond acceptors (Lipinski definition) is 5. The number of benzene rings is 1. The van der Waals surface area contributed by atoms with Gasteiger partial charge in [0.2, 0.25) is 11.1 Å². The van der Waals surface area contributed by atoms with Crippen molar-refractivity contribution in [1.29, 1.82) is 0 Å². The van der Waals surface area contributed by atoms with Crippen LogP contribution in [0.25, 0.3) is 11.4 Å². The molecule has 0 aliphatic carbocycles. The lowest BCUT2D eigenvalue weighted by molar-refractivity contribution is -0.120. The minimum atomic E-state index is -0.350. The summed E-state index contributed by atoms with van der Waals surface area (Å²) in [5.74, 6) is 6.36. The van der Waals surface area contributed by atoms with Crippen LogP contribution >= 0.6 is 35.0 Å². The fourth-order valence-corrected chi connectivity index (χ4v) is 3.10. The molecule has 3 N–H and O–H groups in total. The Kier molecular flexibility index (Phi) is 5.78. The molecule has 0 aliphatic heterocycles. The number of amides is 1. The van der Waals surface area contributed by atoms with E-state index in [9.17, 15) is 4.79 Å². The zero-order valence-corrected chi connectivity index (χ0v) is 15.2. The highest BCUT2D eigenvalue weighted by molar-refractivity contribution is 8.00. The van der Waals surface area contributed by atoms with E-state index in [-0.39, 0.29) is 17.2 Å². The number of nitrogens with two attached hydrogens (primary N) is 1. The van der Waals surface area contributed by atoms with Crippen molar-refractivity contribution < 1.29 is 4.79 Å². The van der Waals surface area contributed by atoms with Crippen LogP contribution in [-0.2, 0) is 4.79 Å². The Hall–Kier alpha value is -1.44. The molecule has 1 aromatic carbocycles. The minimum absolute atomic E-state index is 0.0738. The second-order valence-electron chi connectivity index (χ2n) is 5.22. The van der Waals surface area contributed by atoms with Crippen molar-refractivity contribution in [2.75, 3.05) is 5.84 Å². The summed E-state index contributed by atoms with van der Waals surface area (Å²) in [6.45, 7) is 5.59. The van der Waals surface area contributed by atoms with Crippen molar-refractivity contribution in [3.63, 3.8) is 0 Å². The molecule has 1 amide bonds. The lowest BCUT2D eigenvalue weighted by Crippen LogP contribution is -2.36. The molecule has 0 fully saturated rings. The molecule has 0 radical (unpaired) electrons. The number of thioether (sulfide) groups is 1. The van der Waals surface area contributed by atoms with Gasteiger partial charge in [-0.2, -0.15) is 0 Å². The summed E-state index contributed by atoms with van der Waals surface area (Å²) in [5, 5.41) is 12.0. The summed E-state index contributed by atoms with van der Waals surface area (Å²) in [6.07, 6.45) is 0. The van der Waals surface area contributed by atoms with Gasteiger partial charge in [0.1, 0.15) is 0 Å². The van der Waals surface area contributed by atoms with E-state index in [4.69, 9.17) is 29.0 Å². The standard InChI is InChI=1S/C14H17Cl2N5OS/c1-7(2)18-13(22)8(3)23-14-20-19-12(21(14)17)10-5-4-9(15)6-11(10)16/h4-8H,17H2,1-3H3,(H,18,22)/t8-/m0/s1. The van der Waals surface area contributed by atoms with Crippen LogP contribution in [0.4, 0.5) is 0 Å². The van der Waals surface area contributed by atoms with Crippen LogP contribution in [0, 0.1) is 0 Å². The van der Waals surface area contributed by atoms with Crippen LogP contribution in [-0.4, -0.2) is 32.1 Å². The van der Waals surface area contributed by atoms with Gasteiger partial charge in [0.05, 0.1) is 10.3 Å². The number of nitrogens with one attached hydrogen (secondary N) is 1. The van der Waals surface area contributed by atoms with Crippen LogP contribution in [0.5, 0.6) is 0 Å². The molecule has 9 heteroatoms. The maximum atomic E-state index is 12.0. The number of nitrogen functional groups attached to an aromatic ring is 1. The first-order valence-corrected chi connectivity index (χ1v) is 8.56. The number of halogens is 2. The fraction of sp³-hybridized carbons (Fsp3) is 0.357. The molecule has 1 atom stereocenters. The zero-order valence-electron chi connectivity index (χ0n) is 12.9. The van der Waals surface area contributed by atoms with E-state index in [1.807, 2.05) is 13.8 Å². The van der Waals surface area contributed by atoms with Gasteiger partial charge in [0.25, 0.3) is 0 Å². The van der Waals surface area contributed by atoms with Crippen LogP contribution < -0.4 is 11.2 Å². The van der Waals surface area contributed by atoms with Gasteiger partial charge in [-0.05, 0) is 39.0 Å². The first-order chi connectivity index (χ1) is 10.8. The Balaban J connectivity index is 2.21. The molecule has 6 nitrogen and oxygen atoms in total. The highest BCUT2D eigenvalue weighted by Gasteiger charge is 2.21. The summed E-state index contributed by atoms with van der Waals surface area (Å²) in [4.78, 5) is 12.0. The third-order valence-electron chi connectivity index (χ3n) is 2.92. The van der Waals surface area contributed by atoms with Gasteiger partial charge >= 0.3 is 0 Å². The first kappa shape index (κ1) is 17.9. The van der Waals surface area contributed by atoms with Crippen LogP contribution in [0.1, 0.15) is 20.8 Å². The van der Waals surface area contributed by atoms with E-state index in [2.05, 4.69) is 15.5 Å². The number of rotatable bonds is 5. The largest absolute Gasteiger partial charge is 0.353 e. The van der Waals surface area contributed by atoms with E-state index in [0.717, 1.165) is 0 Å². The molecule has 0 bridgehead atoms. The molecule has 124 valence electrons. The van der Waals surface area contributed by atoms with Gasteiger partial charge in [-0.1, -0.05) is 35.0 Å². The van der Waals surface area contributed by atoms with Crippen LogP contribution in [0.2, 0.25) is 10.0 Å². The third-order valence-corrected chi connectivity index (χ3v) is 4.52. The van der Waals surface area contributed by atoms with Crippen molar-refractivity contribution in [2.24, 2.45) is 0 Å². The maximum absolute atomic E-state index is 12.0. The lowest BCUT2D eigenvalue weighted by atomic mass is 10.2. The van der Waals surface area contributed by atoms with Gasteiger partial charge in [-0.15, -0.1) is 10.2 Å². The quantitative estimate of drug-likeness (QED) is 0.621. The highest BCUT2D eigenvalue weighted by Crippen LogP contribution is 2.31. The monoisotopic (exact) mass is 373 g/mol. The highest BCUT2D eigenvalue weighted by atomic mass is 35.5. The third kappa shape index (κ3) is 4.31. The Morgan fingerprint density at radius 1 is 1.30 bits per heavy atom. The molecule has 0 unspecified atom stereocenters. The predicted molar refractivity (Wildman–Crippen MR) is 94.2 cm³/mol. The Morgan fingerprint density at radius 3 is 2.61 bits per heavy atom. The maximum Gasteiger partial charge on any atom is 0.233 e. The molecule has 0 aliphatic rings. The smallest absolute Gasteiger partial charge is 0.233 e. The average molecular weight is 374 g/mol. The molecule has 0 spiro atoms. The molecule has 0 saturated carbocycles. The Morgan fingerprint density at radius 2 is 2.00 bits per heavy atom. The Bertz CT molecular complexity index is 719. The summed E-state index contributed by atoms with van der Waals surface area (Å²) >= 11 is 13.3. The van der Waals surface area contributed by atoms with Crippen LogP contribution in [0.15, 0.2) is 23.4 Å². The average Bonchev–Trinajstić information content (AvgIpc) is 2.79. The van der Waals surface area contributed by atoms with Gasteiger partial charge < -0.3 is 11.2 Å². The molecule has 23 heavy (non-hydrogen) atoms. The van der Waals surface area contributed by atoms with Crippen molar-refractivity contribution >= 4 is 40.9 Å². The molecule has 2 aromatic rings. The fourth-order valence-electron chi connectivity index (χ4n) is 1.83. The number of carbonyl (C=O) groups excluding carboxylic acids is 1. The summed E-state index contributed by atoms with van der Waals surface area (Å²) in [7, 11) is 0. The van der Waals surface area contributed by atoms with Gasteiger partial charge in [0.15, 0.2) is 5.82 Å². The second-order valence-corrected chi connectivity index (χ2v) is 7.38. The van der Waals surface area contributed by atoms with Gasteiger partial charge in [-0.3, -0.25) is 4.79 Å². The minimum Gasteiger partial charge on any atom is -0.353 e. The van der Waals surface area contributed by atoms with Crippen molar-refractivity contribution in [3.8, 4) is 11.4 Å². The molecule has 0 saturated heterocycles. The normalized spacial score (nSPS) is 12.4. The number of nitrogens with zero attached hydrogens (tertiary/aromatic N) is 3. The van der Waals surface area contributed by atoms with Crippen molar-refractivity contribution in [3.05, 3.63) is 28.2 Å². The van der Waals surface area contributed by atoms with Crippen molar-refractivity contribution in [2.45, 2.75) is 37.2 Å². The number of hydrogen-bond donors (Lipinski definition) is 2. The predicted octanol–water partition coefficient (Wildman–Crippen LogP) is 2.97. The summed E-state index contributed by atoms with van der Waals surface area (Å²) < 4.78 is 1.32. The van der Waals surface area contributed by atoms with E-state index in [0.29, 0.717) is 26.6 Å². The van der Waals surface area contributed by atoms with E-state index in [1.165, 1.54) is 16.4 Å². The first-order valence-electron chi connectivity index (χ1n) is 6.92. The van der Waals surface area contributed by atoms with Gasteiger partial charge in [-0.25, -0.2) is 4.68 Å². The number of carbonyl (C=O) groups is 1.